The molecule has 8 heteroatoms. The van der Waals surface area contributed by atoms with Crippen LogP contribution in [0, 0.1) is 0 Å². The Balaban J connectivity index is 1.24. The number of rotatable bonds is 7. The van der Waals surface area contributed by atoms with Gasteiger partial charge in [-0.2, -0.15) is 0 Å². The quantitative estimate of drug-likeness (QED) is 0.447. The fourth-order valence-corrected chi connectivity index (χ4v) is 4.23. The van der Waals surface area contributed by atoms with E-state index in [1.54, 1.807) is 11.9 Å². The lowest BCUT2D eigenvalue weighted by Gasteiger charge is -2.21. The Hall–Kier alpha value is -3.00. The minimum absolute atomic E-state index is 0.0216. The number of para-hydroxylation sites is 1. The molecule has 1 saturated carbocycles. The van der Waals surface area contributed by atoms with E-state index < -0.39 is 0 Å². The number of carbonyl (C=O) groups is 1. The Labute approximate surface area is 185 Å². The first-order valence-corrected chi connectivity index (χ1v) is 11.4. The fourth-order valence-electron chi connectivity index (χ4n) is 3.44. The Kier molecular flexibility index (Phi) is 5.55. The summed E-state index contributed by atoms with van der Waals surface area (Å²) >= 11 is 1.37. The third-order valence-corrected chi connectivity index (χ3v) is 6.11. The van der Waals surface area contributed by atoms with E-state index >= 15 is 0 Å². The van der Waals surface area contributed by atoms with Crippen LogP contribution >= 0.6 is 11.8 Å². The summed E-state index contributed by atoms with van der Waals surface area (Å²) in [5.74, 6) is 2.64. The molecule has 0 radical (unpaired) electrons. The molecule has 2 heterocycles. The first-order valence-electron chi connectivity index (χ1n) is 10.4. The first kappa shape index (κ1) is 19.9. The number of amides is 1. The van der Waals surface area contributed by atoms with Crippen molar-refractivity contribution < 1.29 is 14.3 Å². The molecule has 0 saturated heterocycles. The van der Waals surface area contributed by atoms with Crippen LogP contribution in [-0.2, 0) is 11.3 Å². The molecule has 7 nitrogen and oxygen atoms in total. The van der Waals surface area contributed by atoms with Crippen LogP contribution < -0.4 is 14.8 Å². The molecule has 1 N–H and O–H groups in total. The number of hydrogen-bond acceptors (Lipinski definition) is 7. The first-order chi connectivity index (χ1) is 15.2. The van der Waals surface area contributed by atoms with Crippen LogP contribution in [0.5, 0.6) is 11.5 Å². The van der Waals surface area contributed by atoms with E-state index in [1.165, 1.54) is 24.6 Å². The highest BCUT2D eigenvalue weighted by Gasteiger charge is 2.23. The average molecular weight is 437 g/mol. The lowest BCUT2D eigenvalue weighted by Crippen LogP contribution is -2.28. The molecule has 1 fully saturated rings. The Morgan fingerprint density at radius 3 is 2.77 bits per heavy atom. The smallest absolute Gasteiger partial charge is 0.233 e. The highest BCUT2D eigenvalue weighted by atomic mass is 32.2. The van der Waals surface area contributed by atoms with Crippen molar-refractivity contribution in [3.05, 3.63) is 48.0 Å². The van der Waals surface area contributed by atoms with Crippen LogP contribution in [0.15, 0.2) is 47.6 Å². The van der Waals surface area contributed by atoms with Crippen LogP contribution in [0.4, 0.5) is 5.82 Å². The zero-order valence-electron chi connectivity index (χ0n) is 17.3. The number of nitrogens with one attached hydrogen (secondary N) is 1. The van der Waals surface area contributed by atoms with Crippen molar-refractivity contribution in [2.24, 2.45) is 0 Å². The lowest BCUT2D eigenvalue weighted by molar-refractivity contribution is -0.127. The highest BCUT2D eigenvalue weighted by molar-refractivity contribution is 7.99. The molecule has 0 spiro atoms. The molecule has 3 aromatic rings. The normalized spacial score (nSPS) is 15.0. The molecule has 0 atom stereocenters. The number of thioether (sulfide) groups is 1. The Bertz CT molecular complexity index is 1120. The van der Waals surface area contributed by atoms with Gasteiger partial charge >= 0.3 is 0 Å². The van der Waals surface area contributed by atoms with E-state index in [4.69, 9.17) is 9.47 Å². The maximum Gasteiger partial charge on any atom is 0.233 e. The zero-order valence-corrected chi connectivity index (χ0v) is 18.2. The molecule has 1 aliphatic heterocycles. The summed E-state index contributed by atoms with van der Waals surface area (Å²) < 4.78 is 11.2. The predicted molar refractivity (Wildman–Crippen MR) is 121 cm³/mol. The van der Waals surface area contributed by atoms with E-state index in [2.05, 4.69) is 15.3 Å². The molecular weight excluding hydrogens is 412 g/mol. The van der Waals surface area contributed by atoms with Gasteiger partial charge in [-0.05, 0) is 42.7 Å². The van der Waals surface area contributed by atoms with Crippen molar-refractivity contribution in [3.8, 4) is 11.5 Å². The van der Waals surface area contributed by atoms with Crippen LogP contribution in [0.1, 0.15) is 18.4 Å². The van der Waals surface area contributed by atoms with Gasteiger partial charge in [-0.25, -0.2) is 9.97 Å². The molecule has 1 amide bonds. The molecule has 0 unspecified atom stereocenters. The topological polar surface area (TPSA) is 76.6 Å². The number of aromatic nitrogens is 2. The summed E-state index contributed by atoms with van der Waals surface area (Å²) in [5, 5.41) is 5.11. The zero-order chi connectivity index (χ0) is 21.2. The largest absolute Gasteiger partial charge is 0.486 e. The number of ether oxygens (including phenoxy) is 2. The van der Waals surface area contributed by atoms with Gasteiger partial charge in [0.15, 0.2) is 16.7 Å². The number of carbonyl (C=O) groups excluding carboxylic acids is 1. The third-order valence-electron chi connectivity index (χ3n) is 5.28. The van der Waals surface area contributed by atoms with Gasteiger partial charge < -0.3 is 19.7 Å². The van der Waals surface area contributed by atoms with Crippen molar-refractivity contribution >= 4 is 34.4 Å². The summed E-state index contributed by atoms with van der Waals surface area (Å²) in [7, 11) is 1.81. The predicted octanol–water partition coefficient (Wildman–Crippen LogP) is 3.73. The molecule has 160 valence electrons. The van der Waals surface area contributed by atoms with Crippen molar-refractivity contribution in [1.82, 2.24) is 14.9 Å². The van der Waals surface area contributed by atoms with Crippen molar-refractivity contribution in [1.29, 1.82) is 0 Å². The molecular formula is C23H24N4O3S. The number of fused-ring (bicyclic) bond motifs is 2. The SMILES string of the molecule is CN(Cc1ccc2c(c1)OCCO2)C(=O)CSc1nc(NC2CC2)c2ccccc2n1. The summed E-state index contributed by atoms with van der Waals surface area (Å²) in [5.41, 5.74) is 1.89. The van der Waals surface area contributed by atoms with E-state index in [0.717, 1.165) is 33.8 Å². The minimum Gasteiger partial charge on any atom is -0.486 e. The summed E-state index contributed by atoms with van der Waals surface area (Å²) in [6.07, 6.45) is 2.34. The van der Waals surface area contributed by atoms with Gasteiger partial charge in [-0.1, -0.05) is 30.0 Å². The van der Waals surface area contributed by atoms with E-state index in [1.807, 2.05) is 42.5 Å². The Morgan fingerprint density at radius 2 is 1.94 bits per heavy atom. The van der Waals surface area contributed by atoms with Crippen molar-refractivity contribution in [2.45, 2.75) is 30.6 Å². The maximum absolute atomic E-state index is 12.7. The van der Waals surface area contributed by atoms with Gasteiger partial charge in [0.25, 0.3) is 0 Å². The maximum atomic E-state index is 12.7. The molecule has 2 aliphatic rings. The number of benzene rings is 2. The summed E-state index contributed by atoms with van der Waals surface area (Å²) in [6.45, 7) is 1.62. The number of hydrogen-bond donors (Lipinski definition) is 1. The molecule has 0 bridgehead atoms. The number of anilines is 1. The van der Waals surface area contributed by atoms with Gasteiger partial charge in [-0.3, -0.25) is 4.79 Å². The molecule has 5 rings (SSSR count). The second kappa shape index (κ2) is 8.63. The fraction of sp³-hybridized carbons (Fsp3) is 0.348. The van der Waals surface area contributed by atoms with Crippen LogP contribution in [0.3, 0.4) is 0 Å². The third kappa shape index (κ3) is 4.69. The molecule has 2 aromatic carbocycles. The van der Waals surface area contributed by atoms with Crippen LogP contribution in [0.25, 0.3) is 10.9 Å². The second-order valence-electron chi connectivity index (χ2n) is 7.81. The monoisotopic (exact) mass is 436 g/mol. The van der Waals surface area contributed by atoms with E-state index in [0.29, 0.717) is 31.0 Å². The van der Waals surface area contributed by atoms with Gasteiger partial charge in [0.2, 0.25) is 5.91 Å². The van der Waals surface area contributed by atoms with Gasteiger partial charge in [0.05, 0.1) is 11.3 Å². The highest BCUT2D eigenvalue weighted by Crippen LogP contribution is 2.32. The summed E-state index contributed by atoms with van der Waals surface area (Å²) in [4.78, 5) is 23.8. The van der Waals surface area contributed by atoms with Crippen molar-refractivity contribution in [2.75, 3.05) is 31.3 Å². The van der Waals surface area contributed by atoms with Crippen LogP contribution in [-0.4, -0.2) is 52.8 Å². The van der Waals surface area contributed by atoms with Crippen molar-refractivity contribution in [3.63, 3.8) is 0 Å². The van der Waals surface area contributed by atoms with Gasteiger partial charge in [0, 0.05) is 25.0 Å². The van der Waals surface area contributed by atoms with Crippen LogP contribution in [0.2, 0.25) is 0 Å². The van der Waals surface area contributed by atoms with Gasteiger partial charge in [-0.15, -0.1) is 0 Å². The van der Waals surface area contributed by atoms with Gasteiger partial charge in [0.1, 0.15) is 19.0 Å². The second-order valence-corrected chi connectivity index (χ2v) is 8.75. The van der Waals surface area contributed by atoms with E-state index in [-0.39, 0.29) is 11.7 Å². The molecule has 31 heavy (non-hydrogen) atoms. The minimum atomic E-state index is 0.0216. The molecule has 1 aromatic heterocycles. The average Bonchev–Trinajstić information content (AvgIpc) is 3.61. The number of nitrogens with zero attached hydrogens (tertiary/aromatic N) is 3. The summed E-state index contributed by atoms with van der Waals surface area (Å²) in [6, 6.07) is 14.3. The standard InChI is InChI=1S/C23H24N4O3S/c1-27(13-15-6-9-19-20(12-15)30-11-10-29-19)21(28)14-31-23-25-18-5-3-2-4-17(18)22(26-23)24-16-7-8-16/h2-6,9,12,16H,7-8,10-11,13-14H2,1H3,(H,24,25,26). The van der Waals surface area contributed by atoms with E-state index in [9.17, 15) is 4.79 Å². The molecule has 1 aliphatic carbocycles. The lowest BCUT2D eigenvalue weighted by atomic mass is 10.2. The Morgan fingerprint density at radius 1 is 1.13 bits per heavy atom.